The van der Waals surface area contributed by atoms with E-state index in [1.807, 2.05) is 26.1 Å². The Morgan fingerprint density at radius 2 is 2.07 bits per heavy atom. The first-order valence-corrected chi connectivity index (χ1v) is 14.8. The highest BCUT2D eigenvalue weighted by Gasteiger charge is 2.50. The molecule has 1 aliphatic heterocycles. The Morgan fingerprint density at radius 1 is 1.24 bits per heavy atom. The van der Waals surface area contributed by atoms with Crippen molar-refractivity contribution in [3.63, 3.8) is 0 Å². The molecule has 10 heteroatoms. The fourth-order valence-corrected chi connectivity index (χ4v) is 7.24. The zero-order valence-electron chi connectivity index (χ0n) is 23.2. The number of aromatic amines is 1. The first-order chi connectivity index (χ1) is 19.7. The maximum atomic E-state index is 12.2. The van der Waals surface area contributed by atoms with Gasteiger partial charge in [-0.1, -0.05) is 17.3 Å². The Balaban J connectivity index is 1.32. The van der Waals surface area contributed by atoms with Crippen molar-refractivity contribution in [2.45, 2.75) is 57.2 Å². The highest BCUT2D eigenvalue weighted by Crippen LogP contribution is 2.47. The van der Waals surface area contributed by atoms with Gasteiger partial charge < -0.3 is 14.8 Å². The third-order valence-electron chi connectivity index (χ3n) is 8.76. The summed E-state index contributed by atoms with van der Waals surface area (Å²) in [6, 6.07) is 13.7. The number of carbonyl (C=O) groups is 1. The molecule has 3 aromatic heterocycles. The van der Waals surface area contributed by atoms with Gasteiger partial charge in [0.25, 0.3) is 0 Å². The fourth-order valence-electron chi connectivity index (χ4n) is 6.35. The molecule has 4 heterocycles. The van der Waals surface area contributed by atoms with Crippen LogP contribution in [0.25, 0.3) is 21.1 Å². The molecule has 1 fully saturated rings. The summed E-state index contributed by atoms with van der Waals surface area (Å²) in [5, 5.41) is 21.7. The van der Waals surface area contributed by atoms with Crippen molar-refractivity contribution in [2.24, 2.45) is 7.05 Å². The molecule has 1 aliphatic carbocycles. The van der Waals surface area contributed by atoms with Crippen LogP contribution in [0.5, 0.6) is 5.75 Å². The molecule has 2 aromatic carbocycles. The minimum Gasteiger partial charge on any atom is -0.484 e. The molecule has 0 radical (unpaired) electrons. The van der Waals surface area contributed by atoms with Gasteiger partial charge in [0.05, 0.1) is 23.7 Å². The predicted octanol–water partition coefficient (Wildman–Crippen LogP) is 5.27. The summed E-state index contributed by atoms with van der Waals surface area (Å²) >= 11 is 1.70. The molecule has 9 nitrogen and oxygen atoms in total. The van der Waals surface area contributed by atoms with Gasteiger partial charge in [-0.15, -0.1) is 16.4 Å². The Hall–Kier alpha value is -4.02. The van der Waals surface area contributed by atoms with Crippen molar-refractivity contribution >= 4 is 38.4 Å². The highest BCUT2D eigenvalue weighted by atomic mass is 32.1. The lowest BCUT2D eigenvalue weighted by molar-refractivity contribution is -0.137. The van der Waals surface area contributed by atoms with Gasteiger partial charge in [0, 0.05) is 36.8 Å². The average Bonchev–Trinajstić information content (AvgIpc) is 3.35. The highest BCUT2D eigenvalue weighted by molar-refractivity contribution is 7.17. The van der Waals surface area contributed by atoms with E-state index >= 15 is 0 Å². The minimum atomic E-state index is -0.852. The van der Waals surface area contributed by atoms with Gasteiger partial charge in [-0.25, -0.2) is 4.68 Å². The van der Waals surface area contributed by atoms with E-state index in [1.54, 1.807) is 22.1 Å². The van der Waals surface area contributed by atoms with Gasteiger partial charge in [0.2, 0.25) is 5.56 Å². The molecular formula is C31H31N5O4S. The molecule has 0 saturated heterocycles. The summed E-state index contributed by atoms with van der Waals surface area (Å²) in [5.74, 6) is -0.447. The van der Waals surface area contributed by atoms with Crippen LogP contribution in [0, 0.1) is 6.92 Å². The van der Waals surface area contributed by atoms with E-state index in [4.69, 9.17) is 4.74 Å². The zero-order valence-corrected chi connectivity index (χ0v) is 24.0. The molecule has 2 N–H and O–H groups in total. The SMILES string of the molecule is Cc1c([C@H](CC(=O)O)c2cc(CN3CC4(CC4)Oc4ccc(=O)[nH]c4[C@@H]3C)c3sccc3c2)ccc2c1nnn2C. The van der Waals surface area contributed by atoms with Crippen molar-refractivity contribution in [1.82, 2.24) is 24.9 Å². The maximum absolute atomic E-state index is 12.2. The Morgan fingerprint density at radius 3 is 2.85 bits per heavy atom. The average molecular weight is 570 g/mol. The molecule has 2 aliphatic rings. The normalized spacial score (nSPS) is 18.8. The maximum Gasteiger partial charge on any atom is 0.304 e. The van der Waals surface area contributed by atoms with Crippen LogP contribution in [-0.4, -0.2) is 48.1 Å². The van der Waals surface area contributed by atoms with Crippen molar-refractivity contribution in [2.75, 3.05) is 6.54 Å². The second-order valence-electron chi connectivity index (χ2n) is 11.5. The third-order valence-corrected chi connectivity index (χ3v) is 9.77. The molecule has 7 rings (SSSR count). The van der Waals surface area contributed by atoms with E-state index in [9.17, 15) is 14.7 Å². The molecule has 210 valence electrons. The number of aromatic nitrogens is 4. The number of H-pyrrole nitrogens is 1. The summed E-state index contributed by atoms with van der Waals surface area (Å²) in [6.07, 6.45) is 1.93. The number of aliphatic carboxylic acids is 1. The first-order valence-electron chi connectivity index (χ1n) is 13.9. The Bertz CT molecular complexity index is 1880. The van der Waals surface area contributed by atoms with Crippen LogP contribution >= 0.6 is 11.3 Å². The lowest BCUT2D eigenvalue weighted by atomic mass is 9.84. The number of benzene rings is 2. The van der Waals surface area contributed by atoms with Crippen molar-refractivity contribution in [3.8, 4) is 5.75 Å². The Labute approximate surface area is 240 Å². The monoisotopic (exact) mass is 569 g/mol. The Kier molecular flexibility index (Phi) is 6.02. The number of hydrogen-bond acceptors (Lipinski definition) is 7. The van der Waals surface area contributed by atoms with E-state index in [2.05, 4.69) is 50.7 Å². The molecule has 0 amide bonds. The van der Waals surface area contributed by atoms with E-state index in [0.29, 0.717) is 6.54 Å². The summed E-state index contributed by atoms with van der Waals surface area (Å²) < 4.78 is 9.37. The number of thiophene rings is 1. The third kappa shape index (κ3) is 4.51. The molecular weight excluding hydrogens is 538 g/mol. The summed E-state index contributed by atoms with van der Waals surface area (Å²) in [7, 11) is 1.86. The molecule has 2 atom stereocenters. The van der Waals surface area contributed by atoms with Crippen LogP contribution in [0.1, 0.15) is 66.1 Å². The van der Waals surface area contributed by atoms with Gasteiger partial charge in [0.1, 0.15) is 16.9 Å². The van der Waals surface area contributed by atoms with Gasteiger partial charge in [-0.05, 0) is 84.0 Å². The fraction of sp³-hybridized carbons (Fsp3) is 0.355. The quantitative estimate of drug-likeness (QED) is 0.286. The van der Waals surface area contributed by atoms with Gasteiger partial charge >= 0.3 is 5.97 Å². The zero-order chi connectivity index (χ0) is 28.5. The standard InChI is InChI=1S/C31H31N5O4S/c1-17-22(4-5-24-28(17)33-34-35(24)3)23(14-27(38)39)20-12-19-8-11-41-30(19)21(13-20)15-36-16-31(9-10-31)40-25-6-7-26(37)32-29(25)18(36)2/h4-8,11-13,18,23H,9-10,14-16H2,1-3H3,(H,32,37)(H,38,39)/t18-,23+/m0/s1. The number of carboxylic acid groups (broad SMARTS) is 1. The molecule has 1 saturated carbocycles. The molecule has 0 unspecified atom stereocenters. The van der Waals surface area contributed by atoms with Gasteiger partial charge in [0.15, 0.2) is 0 Å². The van der Waals surface area contributed by atoms with Gasteiger partial charge in [-0.3, -0.25) is 14.5 Å². The number of fused-ring (bicyclic) bond motifs is 3. The molecule has 5 aromatic rings. The second-order valence-corrected chi connectivity index (χ2v) is 12.4. The van der Waals surface area contributed by atoms with Crippen LogP contribution in [0.15, 0.2) is 52.6 Å². The topological polar surface area (TPSA) is 113 Å². The number of nitrogens with zero attached hydrogens (tertiary/aromatic N) is 4. The van der Waals surface area contributed by atoms with Crippen LogP contribution in [-0.2, 0) is 18.4 Å². The number of nitrogens with one attached hydrogen (secondary N) is 1. The smallest absolute Gasteiger partial charge is 0.304 e. The van der Waals surface area contributed by atoms with Crippen LogP contribution in [0.4, 0.5) is 0 Å². The minimum absolute atomic E-state index is 0.0344. The van der Waals surface area contributed by atoms with Crippen LogP contribution in [0.2, 0.25) is 0 Å². The van der Waals surface area contributed by atoms with E-state index < -0.39 is 5.97 Å². The van der Waals surface area contributed by atoms with Crippen LogP contribution in [0.3, 0.4) is 0 Å². The summed E-state index contributed by atoms with van der Waals surface area (Å²) in [4.78, 5) is 29.8. The first kappa shape index (κ1) is 25.9. The van der Waals surface area contributed by atoms with Gasteiger partial charge in [-0.2, -0.15) is 0 Å². The largest absolute Gasteiger partial charge is 0.484 e. The van der Waals surface area contributed by atoms with Crippen molar-refractivity contribution in [3.05, 3.63) is 86.1 Å². The number of rotatable bonds is 6. The number of pyridine rings is 1. The summed E-state index contributed by atoms with van der Waals surface area (Å²) in [5.41, 5.74) is 6.14. The number of ether oxygens (including phenoxy) is 1. The van der Waals surface area contributed by atoms with Crippen LogP contribution < -0.4 is 10.3 Å². The van der Waals surface area contributed by atoms with E-state index in [0.717, 1.165) is 69.5 Å². The predicted molar refractivity (Wildman–Crippen MR) is 158 cm³/mol. The van der Waals surface area contributed by atoms with E-state index in [1.165, 1.54) is 10.8 Å². The number of hydrogen-bond donors (Lipinski definition) is 2. The molecule has 1 spiro atoms. The van der Waals surface area contributed by atoms with Crippen molar-refractivity contribution < 1.29 is 14.6 Å². The van der Waals surface area contributed by atoms with E-state index in [-0.39, 0.29) is 29.5 Å². The molecule has 41 heavy (non-hydrogen) atoms. The lowest BCUT2D eigenvalue weighted by Crippen LogP contribution is -2.36. The second kappa shape index (κ2) is 9.53. The summed E-state index contributed by atoms with van der Waals surface area (Å²) in [6.45, 7) is 5.51. The lowest BCUT2D eigenvalue weighted by Gasteiger charge is -2.29. The molecule has 0 bridgehead atoms. The van der Waals surface area contributed by atoms with Crippen molar-refractivity contribution in [1.29, 1.82) is 0 Å². The number of carboxylic acids is 1. The number of aryl methyl sites for hydroxylation is 2.